The lowest BCUT2D eigenvalue weighted by Crippen LogP contribution is -2.31. The average Bonchev–Trinajstić information content (AvgIpc) is 2.38. The van der Waals surface area contributed by atoms with Crippen LogP contribution >= 0.6 is 0 Å². The van der Waals surface area contributed by atoms with Gasteiger partial charge in [0.15, 0.2) is 0 Å². The van der Waals surface area contributed by atoms with Crippen molar-refractivity contribution in [3.63, 3.8) is 0 Å². The van der Waals surface area contributed by atoms with Gasteiger partial charge in [0.2, 0.25) is 0 Å². The van der Waals surface area contributed by atoms with Gasteiger partial charge >= 0.3 is 0 Å². The van der Waals surface area contributed by atoms with Gasteiger partial charge in [0.25, 0.3) is 0 Å². The van der Waals surface area contributed by atoms with Crippen LogP contribution in [-0.2, 0) is 9.47 Å². The van der Waals surface area contributed by atoms with Crippen molar-refractivity contribution in [3.05, 3.63) is 0 Å². The molecule has 0 amide bonds. The molecule has 17 heavy (non-hydrogen) atoms. The molecule has 1 atom stereocenters. The molecular formula is C14H29NO2. The number of hydrogen-bond donors (Lipinski definition) is 0. The van der Waals surface area contributed by atoms with E-state index in [9.17, 15) is 0 Å². The van der Waals surface area contributed by atoms with E-state index < -0.39 is 0 Å². The number of ether oxygens (including phenoxy) is 2. The molecule has 0 spiro atoms. The Morgan fingerprint density at radius 3 is 2.53 bits per heavy atom. The third kappa shape index (κ3) is 7.74. The maximum Gasteiger partial charge on any atom is 0.0704 e. The second-order valence-electron chi connectivity index (χ2n) is 4.96. The molecule has 0 aromatic heterocycles. The molecule has 0 saturated carbocycles. The monoisotopic (exact) mass is 243 g/mol. The zero-order valence-corrected chi connectivity index (χ0v) is 11.6. The summed E-state index contributed by atoms with van der Waals surface area (Å²) in [7, 11) is 0. The Morgan fingerprint density at radius 2 is 1.82 bits per heavy atom. The molecule has 0 aromatic carbocycles. The summed E-state index contributed by atoms with van der Waals surface area (Å²) in [6, 6.07) is 0. The molecule has 1 unspecified atom stereocenters. The molecule has 3 nitrogen and oxygen atoms in total. The second-order valence-corrected chi connectivity index (χ2v) is 4.96. The van der Waals surface area contributed by atoms with Crippen molar-refractivity contribution >= 4 is 0 Å². The Balaban J connectivity index is 1.80. The first-order chi connectivity index (χ1) is 8.33. The van der Waals surface area contributed by atoms with E-state index in [-0.39, 0.29) is 0 Å². The van der Waals surface area contributed by atoms with E-state index in [1.165, 1.54) is 38.9 Å². The lowest BCUT2D eigenvalue weighted by molar-refractivity contribution is 0.00908. The molecule has 0 radical (unpaired) electrons. The first kappa shape index (κ1) is 14.9. The van der Waals surface area contributed by atoms with Crippen molar-refractivity contribution in [1.29, 1.82) is 0 Å². The predicted molar refractivity (Wildman–Crippen MR) is 71.4 cm³/mol. The van der Waals surface area contributed by atoms with E-state index in [1.807, 2.05) is 0 Å². The van der Waals surface area contributed by atoms with Gasteiger partial charge in [0.1, 0.15) is 0 Å². The molecule has 1 heterocycles. The molecule has 0 bridgehead atoms. The molecule has 0 N–H and O–H groups in total. The highest BCUT2D eigenvalue weighted by Gasteiger charge is 2.08. The molecule has 1 rings (SSSR count). The number of piperidine rings is 1. The number of nitrogens with zero attached hydrogens (tertiary/aromatic N) is 1. The zero-order chi connectivity index (χ0) is 12.3. The molecular weight excluding hydrogens is 214 g/mol. The fourth-order valence-electron chi connectivity index (χ4n) is 2.10. The number of hydrogen-bond acceptors (Lipinski definition) is 3. The minimum absolute atomic E-state index is 0.368. The third-order valence-electron chi connectivity index (χ3n) is 3.42. The Labute approximate surface area is 106 Å². The van der Waals surface area contributed by atoms with Gasteiger partial charge in [-0.15, -0.1) is 0 Å². The van der Waals surface area contributed by atoms with E-state index in [0.717, 1.165) is 32.7 Å². The van der Waals surface area contributed by atoms with Crippen molar-refractivity contribution in [1.82, 2.24) is 4.90 Å². The normalized spacial score (nSPS) is 19.4. The number of likely N-dealkylation sites (tertiary alicyclic amines) is 1. The van der Waals surface area contributed by atoms with E-state index in [2.05, 4.69) is 18.7 Å². The summed E-state index contributed by atoms with van der Waals surface area (Å²) in [5, 5.41) is 0. The van der Waals surface area contributed by atoms with E-state index in [1.54, 1.807) is 0 Å². The molecule has 1 aliphatic rings. The summed E-state index contributed by atoms with van der Waals surface area (Å²) >= 11 is 0. The van der Waals surface area contributed by atoms with Gasteiger partial charge in [0, 0.05) is 13.2 Å². The van der Waals surface area contributed by atoms with Crippen LogP contribution < -0.4 is 0 Å². The lowest BCUT2D eigenvalue weighted by Gasteiger charge is -2.26. The zero-order valence-electron chi connectivity index (χ0n) is 11.6. The van der Waals surface area contributed by atoms with Gasteiger partial charge in [-0.3, -0.25) is 0 Å². The standard InChI is InChI=1S/C14H29NO2/c1-3-14(2)17-13-12-16-11-7-10-15-8-5-4-6-9-15/h14H,3-13H2,1-2H3. The van der Waals surface area contributed by atoms with Crippen molar-refractivity contribution in [3.8, 4) is 0 Å². The Kier molecular flexibility index (Phi) is 8.67. The molecule has 1 aliphatic heterocycles. The summed E-state index contributed by atoms with van der Waals surface area (Å²) < 4.78 is 11.1. The maximum atomic E-state index is 5.57. The minimum Gasteiger partial charge on any atom is -0.379 e. The Hall–Kier alpha value is -0.120. The molecule has 1 saturated heterocycles. The highest BCUT2D eigenvalue weighted by atomic mass is 16.5. The molecule has 1 fully saturated rings. The third-order valence-corrected chi connectivity index (χ3v) is 3.42. The lowest BCUT2D eigenvalue weighted by atomic mass is 10.1. The largest absolute Gasteiger partial charge is 0.379 e. The van der Waals surface area contributed by atoms with Crippen LogP contribution in [0.15, 0.2) is 0 Å². The molecule has 3 heteroatoms. The van der Waals surface area contributed by atoms with Crippen LogP contribution in [0, 0.1) is 0 Å². The topological polar surface area (TPSA) is 21.7 Å². The van der Waals surface area contributed by atoms with Gasteiger partial charge in [-0.1, -0.05) is 13.3 Å². The quantitative estimate of drug-likeness (QED) is 0.581. The summed E-state index contributed by atoms with van der Waals surface area (Å²) in [4.78, 5) is 2.56. The highest BCUT2D eigenvalue weighted by Crippen LogP contribution is 2.08. The summed E-state index contributed by atoms with van der Waals surface area (Å²) in [6.45, 7) is 10.4. The van der Waals surface area contributed by atoms with Gasteiger partial charge in [-0.25, -0.2) is 0 Å². The van der Waals surface area contributed by atoms with E-state index in [0.29, 0.717) is 6.10 Å². The first-order valence-corrected chi connectivity index (χ1v) is 7.24. The predicted octanol–water partition coefficient (Wildman–Crippen LogP) is 2.69. The highest BCUT2D eigenvalue weighted by molar-refractivity contribution is 4.63. The Bertz CT molecular complexity index is 170. The summed E-state index contributed by atoms with van der Waals surface area (Å²) in [5.74, 6) is 0. The van der Waals surface area contributed by atoms with Crippen molar-refractivity contribution in [2.24, 2.45) is 0 Å². The minimum atomic E-state index is 0.368. The van der Waals surface area contributed by atoms with Gasteiger partial charge < -0.3 is 14.4 Å². The smallest absolute Gasteiger partial charge is 0.0704 e. The SMILES string of the molecule is CCC(C)OCCOCCCN1CCCCC1. The van der Waals surface area contributed by atoms with Crippen LogP contribution in [0.25, 0.3) is 0 Å². The van der Waals surface area contributed by atoms with Gasteiger partial charge in [-0.05, 0) is 45.7 Å². The number of rotatable bonds is 9. The van der Waals surface area contributed by atoms with Gasteiger partial charge in [0.05, 0.1) is 19.3 Å². The van der Waals surface area contributed by atoms with Crippen LogP contribution in [0.3, 0.4) is 0 Å². The molecule has 0 aromatic rings. The van der Waals surface area contributed by atoms with Crippen LogP contribution in [0.5, 0.6) is 0 Å². The van der Waals surface area contributed by atoms with Gasteiger partial charge in [-0.2, -0.15) is 0 Å². The fourth-order valence-corrected chi connectivity index (χ4v) is 2.10. The second kappa shape index (κ2) is 9.86. The average molecular weight is 243 g/mol. The fraction of sp³-hybridized carbons (Fsp3) is 1.00. The van der Waals surface area contributed by atoms with Crippen LogP contribution in [0.1, 0.15) is 46.0 Å². The van der Waals surface area contributed by atoms with Crippen molar-refractivity contribution in [2.75, 3.05) is 39.5 Å². The Morgan fingerprint density at radius 1 is 1.06 bits per heavy atom. The molecule has 0 aliphatic carbocycles. The van der Waals surface area contributed by atoms with Crippen LogP contribution in [0.2, 0.25) is 0 Å². The van der Waals surface area contributed by atoms with E-state index >= 15 is 0 Å². The maximum absolute atomic E-state index is 5.57. The summed E-state index contributed by atoms with van der Waals surface area (Å²) in [6.07, 6.45) is 6.78. The van der Waals surface area contributed by atoms with Crippen LogP contribution in [0.4, 0.5) is 0 Å². The molecule has 102 valence electrons. The first-order valence-electron chi connectivity index (χ1n) is 7.24. The van der Waals surface area contributed by atoms with Crippen molar-refractivity contribution < 1.29 is 9.47 Å². The van der Waals surface area contributed by atoms with Crippen molar-refractivity contribution in [2.45, 2.75) is 52.1 Å². The summed E-state index contributed by atoms with van der Waals surface area (Å²) in [5.41, 5.74) is 0. The van der Waals surface area contributed by atoms with E-state index in [4.69, 9.17) is 9.47 Å². The van der Waals surface area contributed by atoms with Crippen LogP contribution in [-0.4, -0.2) is 50.5 Å².